The number of halogens is 1. The summed E-state index contributed by atoms with van der Waals surface area (Å²) in [6.07, 6.45) is 0.930. The van der Waals surface area contributed by atoms with Gasteiger partial charge < -0.3 is 5.73 Å². The Bertz CT molecular complexity index is 363. The van der Waals surface area contributed by atoms with Gasteiger partial charge in [0.2, 0.25) is 0 Å². The summed E-state index contributed by atoms with van der Waals surface area (Å²) >= 11 is 0. The third-order valence-electron chi connectivity index (χ3n) is 2.64. The molecule has 0 aliphatic carbocycles. The lowest BCUT2D eigenvalue weighted by Crippen LogP contribution is -2.35. The molecular weight excluding hydrogens is 205 g/mol. The monoisotopic (exact) mass is 223 g/mol. The average Bonchev–Trinajstić information content (AvgIpc) is 2.24. The second-order valence-electron chi connectivity index (χ2n) is 4.37. The maximum Gasteiger partial charge on any atom is 0.150 e. The summed E-state index contributed by atoms with van der Waals surface area (Å²) in [5, 5.41) is 0. The van der Waals surface area contributed by atoms with Crippen molar-refractivity contribution in [1.29, 1.82) is 0 Å². The van der Waals surface area contributed by atoms with Gasteiger partial charge in [-0.15, -0.1) is 0 Å². The van der Waals surface area contributed by atoms with Gasteiger partial charge in [0.1, 0.15) is 11.6 Å². The fourth-order valence-corrected chi connectivity index (χ4v) is 1.50. The summed E-state index contributed by atoms with van der Waals surface area (Å²) in [6.45, 7) is 3.84. The van der Waals surface area contributed by atoms with Gasteiger partial charge in [-0.2, -0.15) is 0 Å². The quantitative estimate of drug-likeness (QED) is 0.832. The van der Waals surface area contributed by atoms with Crippen LogP contribution in [0.3, 0.4) is 0 Å². The van der Waals surface area contributed by atoms with Crippen LogP contribution in [0.15, 0.2) is 24.3 Å². The van der Waals surface area contributed by atoms with E-state index in [0.29, 0.717) is 12.8 Å². The molecule has 0 saturated heterocycles. The molecule has 0 bridgehead atoms. The van der Waals surface area contributed by atoms with E-state index < -0.39 is 6.04 Å². The van der Waals surface area contributed by atoms with E-state index in [2.05, 4.69) is 0 Å². The number of Topliss-reactive ketones (excluding diaryl/α,β-unsaturated/α-hetero) is 1. The molecule has 16 heavy (non-hydrogen) atoms. The number of carbonyl (C=O) groups excluding carboxylic acids is 1. The van der Waals surface area contributed by atoms with Crippen molar-refractivity contribution in [1.82, 2.24) is 0 Å². The summed E-state index contributed by atoms with van der Waals surface area (Å²) in [5.74, 6) is -0.0719. The van der Waals surface area contributed by atoms with Crippen molar-refractivity contribution in [2.75, 3.05) is 0 Å². The van der Waals surface area contributed by atoms with Gasteiger partial charge in [0.05, 0.1) is 6.04 Å². The van der Waals surface area contributed by atoms with Crippen molar-refractivity contribution in [2.45, 2.75) is 32.7 Å². The molecule has 1 aromatic rings. The van der Waals surface area contributed by atoms with Crippen LogP contribution >= 0.6 is 0 Å². The summed E-state index contributed by atoms with van der Waals surface area (Å²) in [5.41, 5.74) is 6.57. The summed E-state index contributed by atoms with van der Waals surface area (Å²) in [4.78, 5) is 11.6. The maximum absolute atomic E-state index is 12.9. The van der Waals surface area contributed by atoms with Crippen molar-refractivity contribution in [3.63, 3.8) is 0 Å². The number of rotatable bonds is 5. The van der Waals surface area contributed by atoms with Crippen LogP contribution in [0.25, 0.3) is 0 Å². The van der Waals surface area contributed by atoms with Gasteiger partial charge in [0.25, 0.3) is 0 Å². The van der Waals surface area contributed by atoms with E-state index in [0.717, 1.165) is 5.56 Å². The molecule has 0 aliphatic rings. The lowest BCUT2D eigenvalue weighted by atomic mass is 9.96. The molecule has 0 heterocycles. The normalized spacial score (nSPS) is 12.8. The average molecular weight is 223 g/mol. The standard InChI is InChI=1S/C13H18FNO/c1-9(2)13(15)12(16)7-6-10-4-3-5-11(14)8-10/h3-5,8-9,13H,6-7,15H2,1-2H3. The minimum Gasteiger partial charge on any atom is -0.321 e. The molecule has 0 spiro atoms. The first-order valence-electron chi connectivity index (χ1n) is 5.53. The molecule has 0 aliphatic heterocycles. The molecule has 1 unspecified atom stereocenters. The number of benzene rings is 1. The van der Waals surface area contributed by atoms with Crippen molar-refractivity contribution in [2.24, 2.45) is 11.7 Å². The Balaban J connectivity index is 2.49. The molecule has 2 N–H and O–H groups in total. The number of nitrogens with two attached hydrogens (primary N) is 1. The van der Waals surface area contributed by atoms with E-state index in [1.807, 2.05) is 19.9 Å². The zero-order valence-electron chi connectivity index (χ0n) is 9.74. The van der Waals surface area contributed by atoms with Crippen LogP contribution in [0.4, 0.5) is 4.39 Å². The van der Waals surface area contributed by atoms with E-state index in [1.165, 1.54) is 12.1 Å². The minimum atomic E-state index is -0.409. The van der Waals surface area contributed by atoms with E-state index in [-0.39, 0.29) is 17.5 Å². The summed E-state index contributed by atoms with van der Waals surface area (Å²) in [7, 11) is 0. The molecule has 88 valence electrons. The topological polar surface area (TPSA) is 43.1 Å². The zero-order chi connectivity index (χ0) is 12.1. The van der Waals surface area contributed by atoms with Gasteiger partial charge in [-0.05, 0) is 30.0 Å². The zero-order valence-corrected chi connectivity index (χ0v) is 9.74. The molecule has 3 heteroatoms. The van der Waals surface area contributed by atoms with Gasteiger partial charge in [0.15, 0.2) is 0 Å². The Morgan fingerprint density at radius 3 is 2.69 bits per heavy atom. The SMILES string of the molecule is CC(C)C(N)C(=O)CCc1cccc(F)c1. The Kier molecular flexibility index (Phi) is 4.62. The van der Waals surface area contributed by atoms with Gasteiger partial charge in [-0.1, -0.05) is 26.0 Å². The largest absolute Gasteiger partial charge is 0.321 e. The third kappa shape index (κ3) is 3.74. The minimum absolute atomic E-state index is 0.0410. The smallest absolute Gasteiger partial charge is 0.150 e. The van der Waals surface area contributed by atoms with E-state index in [1.54, 1.807) is 6.07 Å². The van der Waals surface area contributed by atoms with Gasteiger partial charge in [0, 0.05) is 6.42 Å². The molecule has 0 radical (unpaired) electrons. The van der Waals surface area contributed by atoms with Crippen LogP contribution in [-0.2, 0) is 11.2 Å². The number of aryl methyl sites for hydroxylation is 1. The molecule has 1 rings (SSSR count). The molecule has 0 aromatic heterocycles. The van der Waals surface area contributed by atoms with Crippen molar-refractivity contribution in [3.8, 4) is 0 Å². The third-order valence-corrected chi connectivity index (χ3v) is 2.64. The molecule has 0 saturated carbocycles. The number of carbonyl (C=O) groups is 1. The predicted octanol–water partition coefficient (Wildman–Crippen LogP) is 2.31. The van der Waals surface area contributed by atoms with E-state index >= 15 is 0 Å². The Labute approximate surface area is 95.7 Å². The van der Waals surface area contributed by atoms with Crippen molar-refractivity contribution in [3.05, 3.63) is 35.6 Å². The van der Waals surface area contributed by atoms with Crippen LogP contribution in [-0.4, -0.2) is 11.8 Å². The predicted molar refractivity (Wildman–Crippen MR) is 62.5 cm³/mol. The van der Waals surface area contributed by atoms with Crippen LogP contribution < -0.4 is 5.73 Å². The summed E-state index contributed by atoms with van der Waals surface area (Å²) < 4.78 is 12.9. The second-order valence-corrected chi connectivity index (χ2v) is 4.37. The molecular formula is C13H18FNO. The molecule has 2 nitrogen and oxygen atoms in total. The second kappa shape index (κ2) is 5.75. The van der Waals surface area contributed by atoms with Crippen LogP contribution in [0.1, 0.15) is 25.8 Å². The fraction of sp³-hybridized carbons (Fsp3) is 0.462. The van der Waals surface area contributed by atoms with Crippen LogP contribution in [0, 0.1) is 11.7 Å². The number of ketones is 1. The van der Waals surface area contributed by atoms with E-state index in [4.69, 9.17) is 5.73 Å². The number of hydrogen-bond donors (Lipinski definition) is 1. The van der Waals surface area contributed by atoms with Gasteiger partial charge in [-0.3, -0.25) is 4.79 Å². The number of hydrogen-bond acceptors (Lipinski definition) is 2. The van der Waals surface area contributed by atoms with E-state index in [9.17, 15) is 9.18 Å². The first-order valence-corrected chi connectivity index (χ1v) is 5.53. The molecule has 0 fully saturated rings. The first-order chi connectivity index (χ1) is 7.50. The Morgan fingerprint density at radius 2 is 2.12 bits per heavy atom. The highest BCUT2D eigenvalue weighted by Crippen LogP contribution is 2.09. The highest BCUT2D eigenvalue weighted by atomic mass is 19.1. The molecule has 0 amide bonds. The van der Waals surface area contributed by atoms with Gasteiger partial charge in [-0.25, -0.2) is 4.39 Å². The van der Waals surface area contributed by atoms with Gasteiger partial charge >= 0.3 is 0 Å². The summed E-state index contributed by atoms with van der Waals surface area (Å²) in [6, 6.07) is 5.90. The fourth-order valence-electron chi connectivity index (χ4n) is 1.50. The van der Waals surface area contributed by atoms with Crippen molar-refractivity contribution >= 4 is 5.78 Å². The highest BCUT2D eigenvalue weighted by Gasteiger charge is 2.16. The van der Waals surface area contributed by atoms with Crippen LogP contribution in [0.2, 0.25) is 0 Å². The molecule has 1 atom stereocenters. The lowest BCUT2D eigenvalue weighted by Gasteiger charge is -2.13. The Morgan fingerprint density at radius 1 is 1.44 bits per heavy atom. The Hall–Kier alpha value is -1.22. The lowest BCUT2D eigenvalue weighted by molar-refractivity contribution is -0.121. The van der Waals surface area contributed by atoms with Crippen LogP contribution in [0.5, 0.6) is 0 Å². The maximum atomic E-state index is 12.9. The van der Waals surface area contributed by atoms with Crippen molar-refractivity contribution < 1.29 is 9.18 Å². The first kappa shape index (κ1) is 12.8. The molecule has 1 aromatic carbocycles. The highest BCUT2D eigenvalue weighted by molar-refractivity contribution is 5.84.